The number of rotatable bonds is 3. The number of aromatic nitrogens is 3. The lowest BCUT2D eigenvalue weighted by Crippen LogP contribution is -2.31. The highest BCUT2D eigenvalue weighted by Gasteiger charge is 2.57. The van der Waals surface area contributed by atoms with E-state index in [1.165, 1.54) is 6.07 Å². The highest BCUT2D eigenvalue weighted by Crippen LogP contribution is 2.58. The van der Waals surface area contributed by atoms with Crippen LogP contribution in [0.2, 0.25) is 0 Å². The number of carbonyl (C=O) groups excluding carboxylic acids is 1. The van der Waals surface area contributed by atoms with Crippen LogP contribution in [0.1, 0.15) is 44.3 Å². The second-order valence-electron chi connectivity index (χ2n) is 8.46. The molecule has 148 valence electrons. The van der Waals surface area contributed by atoms with Gasteiger partial charge in [0.15, 0.2) is 5.82 Å². The highest BCUT2D eigenvalue weighted by atomic mass is 19.1. The summed E-state index contributed by atoms with van der Waals surface area (Å²) in [6.07, 6.45) is 7.26. The quantitative estimate of drug-likeness (QED) is 0.854. The molecule has 28 heavy (non-hydrogen) atoms. The minimum absolute atomic E-state index is 0.0551. The zero-order chi connectivity index (χ0) is 19.1. The fourth-order valence-corrected chi connectivity index (χ4v) is 4.88. The Morgan fingerprint density at radius 3 is 2.93 bits per heavy atom. The van der Waals surface area contributed by atoms with Gasteiger partial charge in [-0.1, -0.05) is 6.42 Å². The molecule has 1 aliphatic carbocycles. The minimum Gasteiger partial charge on any atom is -0.326 e. The molecular formula is C21H26FN5O. The van der Waals surface area contributed by atoms with E-state index in [-0.39, 0.29) is 23.1 Å². The Morgan fingerprint density at radius 2 is 2.07 bits per heavy atom. The van der Waals surface area contributed by atoms with Crippen LogP contribution in [0.4, 0.5) is 10.1 Å². The third-order valence-electron chi connectivity index (χ3n) is 6.69. The molecule has 7 heteroatoms. The largest absolute Gasteiger partial charge is 0.326 e. The van der Waals surface area contributed by atoms with E-state index in [4.69, 9.17) is 0 Å². The number of benzene rings is 1. The van der Waals surface area contributed by atoms with Crippen LogP contribution in [0.15, 0.2) is 18.2 Å². The maximum Gasteiger partial charge on any atom is 0.228 e. The average Bonchev–Trinajstić information content (AvgIpc) is 3.33. The first-order valence-electron chi connectivity index (χ1n) is 10.4. The van der Waals surface area contributed by atoms with Crippen LogP contribution in [0.5, 0.6) is 0 Å². The van der Waals surface area contributed by atoms with E-state index in [2.05, 4.69) is 20.8 Å². The summed E-state index contributed by atoms with van der Waals surface area (Å²) in [6, 6.07) is 4.75. The highest BCUT2D eigenvalue weighted by molar-refractivity contribution is 5.95. The van der Waals surface area contributed by atoms with Crippen LogP contribution >= 0.6 is 0 Å². The van der Waals surface area contributed by atoms with Crippen molar-refractivity contribution in [3.05, 3.63) is 29.8 Å². The van der Waals surface area contributed by atoms with Gasteiger partial charge in [-0.25, -0.2) is 4.39 Å². The standard InChI is InChI=1S/C21H26FN5O/c22-17-6-5-14(24-20(28)16-13-21(16)7-9-23-10-8-21)12-15(17)19-26-25-18-4-2-1-3-11-27(18)19/h5-6,12,16,23H,1-4,7-11,13H2,(H,24,28). The zero-order valence-corrected chi connectivity index (χ0v) is 16.0. The van der Waals surface area contributed by atoms with Crippen molar-refractivity contribution in [1.29, 1.82) is 0 Å². The molecule has 2 aromatic rings. The average molecular weight is 383 g/mol. The van der Waals surface area contributed by atoms with Gasteiger partial charge in [-0.2, -0.15) is 0 Å². The van der Waals surface area contributed by atoms with Crippen molar-refractivity contribution < 1.29 is 9.18 Å². The number of nitrogens with zero attached hydrogens (tertiary/aromatic N) is 3. The molecular weight excluding hydrogens is 357 g/mol. The number of aryl methyl sites for hydroxylation is 1. The number of halogens is 1. The second kappa shape index (κ2) is 6.95. The van der Waals surface area contributed by atoms with Crippen LogP contribution in [0.25, 0.3) is 11.4 Å². The number of hydrogen-bond donors (Lipinski definition) is 2. The number of fused-ring (bicyclic) bond motifs is 1. The molecule has 1 atom stereocenters. The maximum atomic E-state index is 14.6. The van der Waals surface area contributed by atoms with E-state index in [9.17, 15) is 9.18 Å². The summed E-state index contributed by atoms with van der Waals surface area (Å²) >= 11 is 0. The number of anilines is 1. The number of piperidine rings is 1. The Morgan fingerprint density at radius 1 is 1.21 bits per heavy atom. The van der Waals surface area contributed by atoms with Gasteiger partial charge in [0.1, 0.15) is 11.6 Å². The second-order valence-corrected chi connectivity index (χ2v) is 8.46. The summed E-state index contributed by atoms with van der Waals surface area (Å²) in [5, 5.41) is 14.9. The molecule has 6 nitrogen and oxygen atoms in total. The van der Waals surface area contributed by atoms with Gasteiger partial charge < -0.3 is 15.2 Å². The van der Waals surface area contributed by atoms with E-state index in [1.807, 2.05) is 4.57 Å². The molecule has 2 fully saturated rings. The first-order valence-corrected chi connectivity index (χ1v) is 10.4. The Bertz CT molecular complexity index is 902. The molecule has 1 amide bonds. The predicted molar refractivity (Wildman–Crippen MR) is 104 cm³/mol. The number of amides is 1. The smallest absolute Gasteiger partial charge is 0.228 e. The van der Waals surface area contributed by atoms with E-state index < -0.39 is 0 Å². The molecule has 1 spiro atoms. The van der Waals surface area contributed by atoms with Crippen molar-refractivity contribution in [3.63, 3.8) is 0 Å². The maximum absolute atomic E-state index is 14.6. The van der Waals surface area contributed by atoms with Crippen molar-refractivity contribution in [2.45, 2.75) is 51.5 Å². The van der Waals surface area contributed by atoms with E-state index in [0.29, 0.717) is 17.1 Å². The van der Waals surface area contributed by atoms with E-state index in [1.54, 1.807) is 12.1 Å². The summed E-state index contributed by atoms with van der Waals surface area (Å²) in [4.78, 5) is 12.8. The molecule has 1 aromatic carbocycles. The normalized spacial score (nSPS) is 23.1. The van der Waals surface area contributed by atoms with Crippen LogP contribution in [-0.4, -0.2) is 33.8 Å². The number of hydrogen-bond acceptors (Lipinski definition) is 4. The molecule has 2 aliphatic heterocycles. The van der Waals surface area contributed by atoms with Crippen molar-refractivity contribution in [1.82, 2.24) is 20.1 Å². The van der Waals surface area contributed by atoms with Gasteiger partial charge in [-0.15, -0.1) is 10.2 Å². The molecule has 2 N–H and O–H groups in total. The lowest BCUT2D eigenvalue weighted by molar-refractivity contribution is -0.118. The lowest BCUT2D eigenvalue weighted by atomic mass is 9.92. The first-order chi connectivity index (χ1) is 13.7. The minimum atomic E-state index is -0.335. The molecule has 0 bridgehead atoms. The van der Waals surface area contributed by atoms with Crippen molar-refractivity contribution >= 4 is 11.6 Å². The predicted octanol–water partition coefficient (Wildman–Crippen LogP) is 3.14. The summed E-state index contributed by atoms with van der Waals surface area (Å²) < 4.78 is 16.6. The molecule has 1 saturated carbocycles. The van der Waals surface area contributed by atoms with E-state index >= 15 is 0 Å². The van der Waals surface area contributed by atoms with Crippen LogP contribution in [-0.2, 0) is 17.8 Å². The van der Waals surface area contributed by atoms with Gasteiger partial charge in [-0.05, 0) is 68.8 Å². The Balaban J connectivity index is 1.37. The fraction of sp³-hybridized carbons (Fsp3) is 0.571. The summed E-state index contributed by atoms with van der Waals surface area (Å²) in [5.74, 6) is 1.28. The van der Waals surface area contributed by atoms with Crippen molar-refractivity contribution in [2.24, 2.45) is 11.3 Å². The van der Waals surface area contributed by atoms with Crippen LogP contribution in [0, 0.1) is 17.2 Å². The Kier molecular flexibility index (Phi) is 4.42. The van der Waals surface area contributed by atoms with Gasteiger partial charge >= 0.3 is 0 Å². The van der Waals surface area contributed by atoms with Crippen molar-refractivity contribution in [3.8, 4) is 11.4 Å². The molecule has 1 unspecified atom stereocenters. The fourth-order valence-electron chi connectivity index (χ4n) is 4.88. The number of nitrogens with one attached hydrogen (secondary N) is 2. The van der Waals surface area contributed by atoms with Crippen LogP contribution < -0.4 is 10.6 Å². The van der Waals surface area contributed by atoms with Crippen molar-refractivity contribution in [2.75, 3.05) is 18.4 Å². The summed E-state index contributed by atoms with van der Waals surface area (Å²) in [5.41, 5.74) is 1.22. The Labute approximate surface area is 163 Å². The SMILES string of the molecule is O=C(Nc1ccc(F)c(-c2nnc3n2CCCCC3)c1)C1CC12CCNCC2. The first kappa shape index (κ1) is 17.8. The Hall–Kier alpha value is -2.28. The topological polar surface area (TPSA) is 71.8 Å². The molecule has 5 rings (SSSR count). The molecule has 1 saturated heterocycles. The van der Waals surface area contributed by atoms with Gasteiger partial charge in [0.2, 0.25) is 5.91 Å². The van der Waals surface area contributed by atoms with Gasteiger partial charge in [0.25, 0.3) is 0 Å². The number of carbonyl (C=O) groups is 1. The third-order valence-corrected chi connectivity index (χ3v) is 6.69. The van der Waals surface area contributed by atoms with Crippen LogP contribution in [0.3, 0.4) is 0 Å². The lowest BCUT2D eigenvalue weighted by Gasteiger charge is -2.23. The summed E-state index contributed by atoms with van der Waals surface area (Å²) in [7, 11) is 0. The molecule has 0 radical (unpaired) electrons. The van der Waals surface area contributed by atoms with Gasteiger partial charge in [-0.3, -0.25) is 4.79 Å². The van der Waals surface area contributed by atoms with Gasteiger partial charge in [0, 0.05) is 24.6 Å². The third kappa shape index (κ3) is 3.11. The van der Waals surface area contributed by atoms with Gasteiger partial charge in [0.05, 0.1) is 5.56 Å². The molecule has 1 aromatic heterocycles. The zero-order valence-electron chi connectivity index (χ0n) is 16.0. The van der Waals surface area contributed by atoms with E-state index in [0.717, 1.165) is 70.4 Å². The summed E-state index contributed by atoms with van der Waals surface area (Å²) in [6.45, 7) is 2.79. The molecule has 3 aliphatic rings. The monoisotopic (exact) mass is 383 g/mol. The molecule has 3 heterocycles.